The summed E-state index contributed by atoms with van der Waals surface area (Å²) < 4.78 is 6.36. The van der Waals surface area contributed by atoms with E-state index in [-0.39, 0.29) is 0 Å². The lowest BCUT2D eigenvalue weighted by Gasteiger charge is -2.53. The lowest BCUT2D eigenvalue weighted by molar-refractivity contribution is -0.0591. The van der Waals surface area contributed by atoms with Crippen LogP contribution in [0.25, 0.3) is 0 Å². The normalized spacial score (nSPS) is 34.6. The first-order chi connectivity index (χ1) is 13.3. The van der Waals surface area contributed by atoms with Gasteiger partial charge in [-0.25, -0.2) is 0 Å². The molecule has 2 fully saturated rings. The highest BCUT2D eigenvalue weighted by Crippen LogP contribution is 2.62. The molecule has 0 aromatic heterocycles. The number of aryl methyl sites for hydroxylation is 1. The summed E-state index contributed by atoms with van der Waals surface area (Å²) in [5.74, 6) is 3.28. The van der Waals surface area contributed by atoms with Crippen molar-refractivity contribution >= 4 is 0 Å². The summed E-state index contributed by atoms with van der Waals surface area (Å²) in [5.41, 5.74) is 5.03. The molecular formula is C26H32O. The van der Waals surface area contributed by atoms with E-state index in [9.17, 15) is 0 Å². The van der Waals surface area contributed by atoms with Crippen molar-refractivity contribution in [2.45, 2.75) is 58.0 Å². The van der Waals surface area contributed by atoms with E-state index < -0.39 is 0 Å². The molecule has 0 radical (unpaired) electrons. The zero-order valence-corrected chi connectivity index (χ0v) is 16.6. The molecule has 142 valence electrons. The third-order valence-corrected chi connectivity index (χ3v) is 7.96. The Balaban J connectivity index is 1.36. The summed E-state index contributed by atoms with van der Waals surface area (Å²) in [6, 6.07) is 20.0. The van der Waals surface area contributed by atoms with Gasteiger partial charge < -0.3 is 4.74 Å². The molecule has 2 aromatic carbocycles. The second-order valence-corrected chi connectivity index (χ2v) is 9.45. The minimum absolute atomic E-state index is 0.432. The zero-order chi connectivity index (χ0) is 18.3. The van der Waals surface area contributed by atoms with Crippen molar-refractivity contribution in [2.24, 2.45) is 23.2 Å². The highest BCUT2D eigenvalue weighted by Gasteiger charge is 2.55. The van der Waals surface area contributed by atoms with Crippen LogP contribution in [0.2, 0.25) is 0 Å². The minimum Gasteiger partial charge on any atom is -0.376 e. The van der Waals surface area contributed by atoms with Gasteiger partial charge in [0.05, 0.1) is 13.2 Å². The number of hydrogen-bond acceptors (Lipinski definition) is 1. The summed E-state index contributed by atoms with van der Waals surface area (Å²) in [6.07, 6.45) is 8.21. The average Bonchev–Trinajstić information content (AvgIpc) is 3.12. The van der Waals surface area contributed by atoms with E-state index in [1.807, 2.05) is 0 Å². The molecule has 0 bridgehead atoms. The van der Waals surface area contributed by atoms with Gasteiger partial charge >= 0.3 is 0 Å². The van der Waals surface area contributed by atoms with E-state index in [1.54, 1.807) is 11.1 Å². The average molecular weight is 361 g/mol. The summed E-state index contributed by atoms with van der Waals surface area (Å²) in [4.78, 5) is 0. The number of fused-ring (bicyclic) bond motifs is 5. The first kappa shape index (κ1) is 17.5. The molecule has 3 aliphatic rings. The Bertz CT molecular complexity index is 782. The maximum Gasteiger partial charge on any atom is 0.0717 e. The molecule has 0 saturated heterocycles. The van der Waals surface area contributed by atoms with Crippen LogP contribution in [-0.2, 0) is 17.8 Å². The number of ether oxygens (including phenoxy) is 1. The van der Waals surface area contributed by atoms with E-state index in [0.717, 1.165) is 36.9 Å². The monoisotopic (exact) mass is 360 g/mol. The van der Waals surface area contributed by atoms with Crippen LogP contribution in [-0.4, -0.2) is 6.61 Å². The maximum atomic E-state index is 6.36. The molecule has 1 heteroatoms. The first-order valence-corrected chi connectivity index (χ1v) is 11.0. The molecule has 3 aliphatic carbocycles. The molecule has 0 aliphatic heterocycles. The van der Waals surface area contributed by atoms with Gasteiger partial charge in [-0.05, 0) is 77.9 Å². The molecule has 0 heterocycles. The predicted molar refractivity (Wildman–Crippen MR) is 111 cm³/mol. The Labute approximate surface area is 164 Å². The quantitative estimate of drug-likeness (QED) is 0.615. The molecule has 5 atom stereocenters. The van der Waals surface area contributed by atoms with Gasteiger partial charge in [0.2, 0.25) is 0 Å². The van der Waals surface area contributed by atoms with Crippen molar-refractivity contribution in [2.75, 3.05) is 6.61 Å². The van der Waals surface area contributed by atoms with Gasteiger partial charge in [0.15, 0.2) is 0 Å². The van der Waals surface area contributed by atoms with Crippen molar-refractivity contribution in [1.82, 2.24) is 0 Å². The highest BCUT2D eigenvalue weighted by atomic mass is 16.5. The van der Waals surface area contributed by atoms with Crippen LogP contribution >= 0.6 is 0 Å². The largest absolute Gasteiger partial charge is 0.376 e. The van der Waals surface area contributed by atoms with Gasteiger partial charge in [0.25, 0.3) is 0 Å². The molecule has 5 rings (SSSR count). The zero-order valence-electron chi connectivity index (χ0n) is 16.6. The lowest BCUT2D eigenvalue weighted by Crippen LogP contribution is -2.47. The van der Waals surface area contributed by atoms with Crippen LogP contribution in [0.3, 0.4) is 0 Å². The Hall–Kier alpha value is -1.60. The maximum absolute atomic E-state index is 6.36. The van der Waals surface area contributed by atoms with E-state index in [0.29, 0.717) is 5.41 Å². The van der Waals surface area contributed by atoms with Gasteiger partial charge in [-0.15, -0.1) is 0 Å². The molecular weight excluding hydrogens is 328 g/mol. The van der Waals surface area contributed by atoms with Crippen LogP contribution in [0, 0.1) is 23.2 Å². The fourth-order valence-corrected chi connectivity index (χ4v) is 7.04. The van der Waals surface area contributed by atoms with Gasteiger partial charge in [0.1, 0.15) is 0 Å². The molecule has 27 heavy (non-hydrogen) atoms. The van der Waals surface area contributed by atoms with Gasteiger partial charge in [0, 0.05) is 0 Å². The fourth-order valence-electron chi connectivity index (χ4n) is 7.04. The second-order valence-electron chi connectivity index (χ2n) is 9.45. The molecule has 0 amide bonds. The van der Waals surface area contributed by atoms with Crippen molar-refractivity contribution in [3.05, 3.63) is 71.3 Å². The van der Waals surface area contributed by atoms with Crippen LogP contribution in [0.1, 0.15) is 61.6 Å². The molecule has 2 aromatic rings. The smallest absolute Gasteiger partial charge is 0.0717 e. The molecule has 0 N–H and O–H groups in total. The van der Waals surface area contributed by atoms with E-state index in [1.165, 1.54) is 44.1 Å². The van der Waals surface area contributed by atoms with Gasteiger partial charge in [-0.3, -0.25) is 0 Å². The third-order valence-electron chi connectivity index (χ3n) is 7.96. The summed E-state index contributed by atoms with van der Waals surface area (Å²) in [6.45, 7) is 4.25. The van der Waals surface area contributed by atoms with Crippen LogP contribution < -0.4 is 0 Å². The second kappa shape index (κ2) is 7.09. The summed E-state index contributed by atoms with van der Waals surface area (Å²) >= 11 is 0. The lowest BCUT2D eigenvalue weighted by atomic mass is 9.52. The minimum atomic E-state index is 0.432. The Morgan fingerprint density at radius 1 is 1.00 bits per heavy atom. The van der Waals surface area contributed by atoms with E-state index in [4.69, 9.17) is 4.74 Å². The van der Waals surface area contributed by atoms with E-state index in [2.05, 4.69) is 61.5 Å². The van der Waals surface area contributed by atoms with Crippen LogP contribution in [0.5, 0.6) is 0 Å². The first-order valence-electron chi connectivity index (χ1n) is 11.0. The van der Waals surface area contributed by atoms with Crippen molar-refractivity contribution in [3.8, 4) is 0 Å². The van der Waals surface area contributed by atoms with Crippen molar-refractivity contribution in [3.63, 3.8) is 0 Å². The van der Waals surface area contributed by atoms with Crippen LogP contribution in [0.15, 0.2) is 54.6 Å². The summed E-state index contributed by atoms with van der Waals surface area (Å²) in [5, 5.41) is 0. The Kier molecular flexibility index (Phi) is 4.60. The fraction of sp³-hybridized carbons (Fsp3) is 0.538. The van der Waals surface area contributed by atoms with Crippen molar-refractivity contribution in [1.29, 1.82) is 0 Å². The molecule has 0 unspecified atom stereocenters. The van der Waals surface area contributed by atoms with Gasteiger partial charge in [-0.1, -0.05) is 67.9 Å². The van der Waals surface area contributed by atoms with E-state index >= 15 is 0 Å². The Morgan fingerprint density at radius 3 is 2.70 bits per heavy atom. The van der Waals surface area contributed by atoms with Gasteiger partial charge in [-0.2, -0.15) is 0 Å². The number of benzene rings is 2. The summed E-state index contributed by atoms with van der Waals surface area (Å²) in [7, 11) is 0. The van der Waals surface area contributed by atoms with Crippen molar-refractivity contribution < 1.29 is 4.74 Å². The molecule has 1 nitrogen and oxygen atoms in total. The SMILES string of the molecule is C[C@H]1C[C@]2(COCc3ccccc3)CCC[C@H]2[C@@H]2CCc3ccccc3[C@H]21. The topological polar surface area (TPSA) is 9.23 Å². The standard InChI is InChI=1S/C26H32O/c1-19-16-26(18-27-17-20-8-3-2-4-9-20)15-7-12-24(26)23-14-13-21-10-5-6-11-22(21)25(19)23/h2-6,8-11,19,23-25H,7,12-18H2,1H3/t19-,23-,24-,25+,26-/m0/s1. The number of hydrogen-bond donors (Lipinski definition) is 0. The van der Waals surface area contributed by atoms with Crippen LogP contribution in [0.4, 0.5) is 0 Å². The predicted octanol–water partition coefficient (Wildman–Crippen LogP) is 6.38. The molecule has 2 saturated carbocycles. The Morgan fingerprint density at radius 2 is 1.81 bits per heavy atom. The highest BCUT2D eigenvalue weighted by molar-refractivity contribution is 5.35. The number of rotatable bonds is 4. The molecule has 0 spiro atoms. The third kappa shape index (κ3) is 3.05.